The van der Waals surface area contributed by atoms with Crippen LogP contribution in [0.5, 0.6) is 0 Å². The number of amides is 1. The molecule has 1 saturated heterocycles. The topological polar surface area (TPSA) is 72.1 Å². The summed E-state index contributed by atoms with van der Waals surface area (Å²) in [6.45, 7) is 5.02. The molecule has 0 aliphatic carbocycles. The highest BCUT2D eigenvalue weighted by Crippen LogP contribution is 2.26. The van der Waals surface area contributed by atoms with Gasteiger partial charge in [-0.25, -0.2) is 4.98 Å². The Morgan fingerprint density at radius 2 is 2.15 bits per heavy atom. The van der Waals surface area contributed by atoms with Crippen molar-refractivity contribution < 1.29 is 4.79 Å². The maximum absolute atomic E-state index is 12.5. The van der Waals surface area contributed by atoms with E-state index >= 15 is 0 Å². The van der Waals surface area contributed by atoms with Crippen LogP contribution >= 0.6 is 0 Å². The summed E-state index contributed by atoms with van der Waals surface area (Å²) in [5.41, 5.74) is 0. The van der Waals surface area contributed by atoms with Crippen LogP contribution in [-0.2, 0) is 18.4 Å². The molecule has 3 rings (SSSR count). The molecule has 1 fully saturated rings. The molecule has 0 radical (unpaired) electrons. The highest BCUT2D eigenvalue weighted by Gasteiger charge is 2.28. The van der Waals surface area contributed by atoms with Crippen LogP contribution in [0.25, 0.3) is 0 Å². The highest BCUT2D eigenvalue weighted by molar-refractivity contribution is 5.76. The van der Waals surface area contributed by atoms with Crippen LogP contribution in [0.15, 0.2) is 12.4 Å². The number of piperidine rings is 1. The average molecular weight is 359 g/mol. The fourth-order valence-electron chi connectivity index (χ4n) is 3.48. The molecule has 1 atom stereocenters. The van der Waals surface area contributed by atoms with E-state index in [0.29, 0.717) is 13.0 Å². The van der Waals surface area contributed by atoms with Gasteiger partial charge in [0.15, 0.2) is 5.82 Å². The molecule has 8 heteroatoms. The van der Waals surface area contributed by atoms with E-state index < -0.39 is 0 Å². The van der Waals surface area contributed by atoms with Gasteiger partial charge in [0.05, 0.1) is 6.54 Å². The second kappa shape index (κ2) is 7.99. The van der Waals surface area contributed by atoms with Crippen LogP contribution in [0.4, 0.5) is 0 Å². The minimum absolute atomic E-state index is 0.236. The van der Waals surface area contributed by atoms with Gasteiger partial charge in [-0.05, 0) is 33.9 Å². The maximum atomic E-state index is 12.5. The molecule has 0 bridgehead atoms. The predicted octanol–water partition coefficient (Wildman–Crippen LogP) is 1.03. The molecule has 3 heterocycles. The molecule has 0 aromatic carbocycles. The third-order valence-electron chi connectivity index (χ3n) is 5.15. The molecule has 0 saturated carbocycles. The lowest BCUT2D eigenvalue weighted by Crippen LogP contribution is -2.40. The first kappa shape index (κ1) is 18.6. The van der Waals surface area contributed by atoms with Crippen molar-refractivity contribution in [3.8, 4) is 0 Å². The van der Waals surface area contributed by atoms with Crippen molar-refractivity contribution >= 4 is 5.91 Å². The maximum Gasteiger partial charge on any atom is 0.223 e. The van der Waals surface area contributed by atoms with Crippen molar-refractivity contribution in [2.75, 3.05) is 33.7 Å². The smallest absolute Gasteiger partial charge is 0.223 e. The summed E-state index contributed by atoms with van der Waals surface area (Å²) in [5, 5.41) is 8.84. The van der Waals surface area contributed by atoms with E-state index in [4.69, 9.17) is 0 Å². The summed E-state index contributed by atoms with van der Waals surface area (Å²) >= 11 is 0. The molecular formula is C18H29N7O. The second-order valence-corrected chi connectivity index (χ2v) is 7.37. The number of rotatable bonds is 6. The highest BCUT2D eigenvalue weighted by atomic mass is 16.2. The largest absolute Gasteiger partial charge is 0.342 e. The van der Waals surface area contributed by atoms with Crippen LogP contribution in [0.3, 0.4) is 0 Å². The summed E-state index contributed by atoms with van der Waals surface area (Å²) in [7, 11) is 6.01. The summed E-state index contributed by atoms with van der Waals surface area (Å²) in [5.74, 6) is 3.34. The molecule has 26 heavy (non-hydrogen) atoms. The number of carbonyl (C=O) groups is 1. The Hall–Kier alpha value is -2.22. The SMILES string of the molecule is Cc1nccn1Cc1nnc([C@H]2CCCN(C(=O)CCN(C)C)C2)n1C. The van der Waals surface area contributed by atoms with Crippen molar-refractivity contribution in [3.05, 3.63) is 29.9 Å². The number of nitrogens with zero attached hydrogens (tertiary/aromatic N) is 7. The Kier molecular flexibility index (Phi) is 5.70. The first-order valence-corrected chi connectivity index (χ1v) is 9.24. The lowest BCUT2D eigenvalue weighted by atomic mass is 9.97. The van der Waals surface area contributed by atoms with Crippen LogP contribution in [0.1, 0.15) is 42.7 Å². The van der Waals surface area contributed by atoms with Crippen molar-refractivity contribution in [1.82, 2.24) is 34.1 Å². The quantitative estimate of drug-likeness (QED) is 0.770. The lowest BCUT2D eigenvalue weighted by molar-refractivity contribution is -0.132. The third-order valence-corrected chi connectivity index (χ3v) is 5.15. The molecule has 2 aromatic rings. The Morgan fingerprint density at radius 1 is 1.35 bits per heavy atom. The third kappa shape index (κ3) is 4.12. The summed E-state index contributed by atoms with van der Waals surface area (Å²) in [6, 6.07) is 0. The average Bonchev–Trinajstić information content (AvgIpc) is 3.19. The summed E-state index contributed by atoms with van der Waals surface area (Å²) in [6.07, 6.45) is 6.39. The van der Waals surface area contributed by atoms with Crippen LogP contribution in [0, 0.1) is 6.92 Å². The number of carbonyl (C=O) groups excluding carboxylic acids is 1. The minimum Gasteiger partial charge on any atom is -0.342 e. The Balaban J connectivity index is 1.67. The summed E-state index contributed by atoms with van der Waals surface area (Å²) in [4.78, 5) is 20.8. The van der Waals surface area contributed by atoms with Crippen LogP contribution in [0.2, 0.25) is 0 Å². The van der Waals surface area contributed by atoms with Gasteiger partial charge in [0.25, 0.3) is 0 Å². The predicted molar refractivity (Wildman–Crippen MR) is 98.8 cm³/mol. The van der Waals surface area contributed by atoms with Gasteiger partial charge in [-0.2, -0.15) is 0 Å². The van der Waals surface area contributed by atoms with E-state index in [1.54, 1.807) is 6.20 Å². The van der Waals surface area contributed by atoms with Crippen molar-refractivity contribution in [2.24, 2.45) is 7.05 Å². The molecule has 0 unspecified atom stereocenters. The summed E-state index contributed by atoms with van der Waals surface area (Å²) < 4.78 is 4.14. The number of aryl methyl sites for hydroxylation is 1. The first-order valence-electron chi connectivity index (χ1n) is 9.24. The van der Waals surface area contributed by atoms with Crippen molar-refractivity contribution in [1.29, 1.82) is 0 Å². The van der Waals surface area contributed by atoms with Gasteiger partial charge in [0, 0.05) is 51.4 Å². The molecule has 142 valence electrons. The Morgan fingerprint density at radius 3 is 2.85 bits per heavy atom. The minimum atomic E-state index is 0.236. The van der Waals surface area contributed by atoms with Gasteiger partial charge in [0.2, 0.25) is 5.91 Å². The first-order chi connectivity index (χ1) is 12.5. The normalized spacial score (nSPS) is 17.9. The van der Waals surface area contributed by atoms with Gasteiger partial charge in [-0.3, -0.25) is 4.79 Å². The van der Waals surface area contributed by atoms with Gasteiger partial charge >= 0.3 is 0 Å². The lowest BCUT2D eigenvalue weighted by Gasteiger charge is -2.32. The van der Waals surface area contributed by atoms with E-state index in [1.165, 1.54) is 0 Å². The number of hydrogen-bond acceptors (Lipinski definition) is 5. The zero-order valence-electron chi connectivity index (χ0n) is 16.2. The standard InChI is InChI=1S/C18H29N7O/c1-14-19-8-11-24(14)13-16-20-21-18(23(16)4)15-6-5-9-25(12-15)17(26)7-10-22(2)3/h8,11,15H,5-7,9-10,12-13H2,1-4H3/t15-/m0/s1. The van der Waals surface area contributed by atoms with Crippen molar-refractivity contribution in [2.45, 2.75) is 38.6 Å². The number of imidazole rings is 1. The van der Waals surface area contributed by atoms with E-state index in [0.717, 1.165) is 49.9 Å². The monoisotopic (exact) mass is 359 g/mol. The van der Waals surface area contributed by atoms with Crippen LogP contribution < -0.4 is 0 Å². The number of hydrogen-bond donors (Lipinski definition) is 0. The molecule has 8 nitrogen and oxygen atoms in total. The molecule has 0 spiro atoms. The van der Waals surface area contributed by atoms with Gasteiger partial charge in [0.1, 0.15) is 11.6 Å². The molecular weight excluding hydrogens is 330 g/mol. The van der Waals surface area contributed by atoms with E-state index in [9.17, 15) is 4.79 Å². The molecule has 1 amide bonds. The van der Waals surface area contributed by atoms with Gasteiger partial charge < -0.3 is 18.9 Å². The molecule has 1 aliphatic rings. The zero-order chi connectivity index (χ0) is 18.7. The van der Waals surface area contributed by atoms with E-state index in [-0.39, 0.29) is 11.8 Å². The zero-order valence-corrected chi connectivity index (χ0v) is 16.2. The molecule has 0 N–H and O–H groups in total. The Bertz CT molecular complexity index is 749. The molecule has 1 aliphatic heterocycles. The molecule has 2 aromatic heterocycles. The van der Waals surface area contributed by atoms with Gasteiger partial charge in [-0.1, -0.05) is 0 Å². The Labute approximate surface area is 154 Å². The number of likely N-dealkylation sites (tertiary alicyclic amines) is 1. The second-order valence-electron chi connectivity index (χ2n) is 7.37. The van der Waals surface area contributed by atoms with Crippen molar-refractivity contribution in [3.63, 3.8) is 0 Å². The number of aromatic nitrogens is 5. The van der Waals surface area contributed by atoms with Gasteiger partial charge in [-0.15, -0.1) is 10.2 Å². The van der Waals surface area contributed by atoms with E-state index in [1.807, 2.05) is 44.1 Å². The van der Waals surface area contributed by atoms with E-state index in [2.05, 4.69) is 24.3 Å². The fraction of sp³-hybridized carbons (Fsp3) is 0.667. The van der Waals surface area contributed by atoms with Crippen LogP contribution in [-0.4, -0.2) is 73.8 Å². The fourth-order valence-corrected chi connectivity index (χ4v) is 3.48.